The van der Waals surface area contributed by atoms with Gasteiger partial charge in [-0.25, -0.2) is 15.0 Å². The van der Waals surface area contributed by atoms with Gasteiger partial charge in [0.15, 0.2) is 17.5 Å². The fourth-order valence-electron chi connectivity index (χ4n) is 10.6. The van der Waals surface area contributed by atoms with E-state index in [2.05, 4.69) is 193 Å². The third-order valence-corrected chi connectivity index (χ3v) is 13.6. The summed E-state index contributed by atoms with van der Waals surface area (Å²) in [7, 11) is 0. The zero-order valence-electron chi connectivity index (χ0n) is 36.6. The fraction of sp³-hybridized carbons (Fsp3) is 0. The maximum atomic E-state index is 6.57. The smallest absolute Gasteiger partial charge is 0.167 e. The Labute approximate surface area is 390 Å². The quantitative estimate of drug-likeness (QED) is 0.156. The predicted octanol–water partition coefficient (Wildman–Crippen LogP) is 16.7. The van der Waals surface area contributed by atoms with Crippen molar-refractivity contribution in [2.45, 2.75) is 0 Å². The van der Waals surface area contributed by atoms with Gasteiger partial charge in [-0.3, -0.25) is 0 Å². The molecule has 316 valence electrons. The van der Waals surface area contributed by atoms with Crippen molar-refractivity contribution in [2.24, 2.45) is 0 Å². The van der Waals surface area contributed by atoms with Crippen LogP contribution in [0.4, 0.5) is 0 Å². The molecular weight excluding hydrogens is 829 g/mol. The Morgan fingerprint density at radius 2 is 0.779 bits per heavy atom. The molecule has 0 N–H and O–H groups in total. The normalized spacial score (nSPS) is 11.8. The van der Waals surface area contributed by atoms with Crippen LogP contribution in [0.15, 0.2) is 235 Å². The van der Waals surface area contributed by atoms with Gasteiger partial charge in [-0.2, -0.15) is 0 Å². The molecule has 0 radical (unpaired) electrons. The van der Waals surface area contributed by atoms with Crippen LogP contribution < -0.4 is 0 Å². The average molecular weight is 867 g/mol. The minimum absolute atomic E-state index is 0.552. The first-order valence-corrected chi connectivity index (χ1v) is 23.0. The molecule has 0 fully saturated rings. The maximum absolute atomic E-state index is 6.57. The van der Waals surface area contributed by atoms with E-state index in [0.29, 0.717) is 17.5 Å². The van der Waals surface area contributed by atoms with E-state index >= 15 is 0 Å². The molecule has 14 rings (SSSR count). The van der Waals surface area contributed by atoms with Crippen LogP contribution in [0.1, 0.15) is 0 Å². The number of hydrogen-bond acceptors (Lipinski definition) is 4. The van der Waals surface area contributed by atoms with Crippen molar-refractivity contribution in [3.63, 3.8) is 0 Å². The lowest BCUT2D eigenvalue weighted by Crippen LogP contribution is -2.01. The number of fused-ring (bicyclic) bond motifs is 12. The molecule has 0 atom stereocenters. The third-order valence-electron chi connectivity index (χ3n) is 13.6. The molecule has 0 amide bonds. The summed E-state index contributed by atoms with van der Waals surface area (Å²) >= 11 is 0. The first-order chi connectivity index (χ1) is 33.7. The summed E-state index contributed by atoms with van der Waals surface area (Å²) in [5.41, 5.74) is 12.4. The summed E-state index contributed by atoms with van der Waals surface area (Å²) in [6.45, 7) is 0. The Bertz CT molecular complexity index is 4210. The standard InChI is InChI=1S/C63H38N4O/c1-4-17-39(18-5-1)42-33-35-54-52(37-42)53-38-43(40-19-6-2-7-20-40)34-36-55(53)67(54)56-31-16-26-47-44-23-10-11-25-46(44)58-49(59(47)56)28-15-29-50(58)62-64-61(41-21-8-3-9-22-41)65-63(66-62)51-30-14-27-48-45-24-12-13-32-57(45)68-60(48)51/h1-38H. The van der Waals surface area contributed by atoms with E-state index in [1.54, 1.807) is 0 Å². The van der Waals surface area contributed by atoms with E-state index in [0.717, 1.165) is 82.3 Å². The van der Waals surface area contributed by atoms with E-state index in [4.69, 9.17) is 19.4 Å². The molecule has 0 aliphatic heterocycles. The molecule has 0 aliphatic carbocycles. The van der Waals surface area contributed by atoms with Gasteiger partial charge in [0.2, 0.25) is 0 Å². The molecule has 68 heavy (non-hydrogen) atoms. The number of rotatable bonds is 6. The summed E-state index contributed by atoms with van der Waals surface area (Å²) in [4.78, 5) is 15.9. The van der Waals surface area contributed by atoms with Crippen molar-refractivity contribution in [2.75, 3.05) is 0 Å². The molecule has 0 saturated heterocycles. The van der Waals surface area contributed by atoms with Crippen LogP contribution in [-0.2, 0) is 0 Å². The highest BCUT2D eigenvalue weighted by Crippen LogP contribution is 2.45. The summed E-state index contributed by atoms with van der Waals surface area (Å²) in [6, 6.07) is 81.8. The van der Waals surface area contributed by atoms with Crippen LogP contribution in [0.5, 0.6) is 0 Å². The van der Waals surface area contributed by atoms with Gasteiger partial charge in [0.25, 0.3) is 0 Å². The van der Waals surface area contributed by atoms with Crippen molar-refractivity contribution in [3.05, 3.63) is 231 Å². The molecule has 0 bridgehead atoms. The SMILES string of the molecule is c1ccc(-c2ccc3c(c2)c2cc(-c4ccccc4)ccc2n3-c2cccc3c4ccccc4c4c(-c5nc(-c6ccccc6)nc(-c6cccc7c6oc6ccccc67)n5)cccc4c23)cc1. The van der Waals surface area contributed by atoms with Gasteiger partial charge in [0.1, 0.15) is 11.2 Å². The number of benzene rings is 11. The molecule has 0 saturated carbocycles. The predicted molar refractivity (Wildman–Crippen MR) is 281 cm³/mol. The summed E-state index contributed by atoms with van der Waals surface area (Å²) < 4.78 is 9.04. The molecule has 3 heterocycles. The van der Waals surface area contributed by atoms with Crippen molar-refractivity contribution in [3.8, 4) is 62.1 Å². The molecule has 0 spiro atoms. The van der Waals surface area contributed by atoms with Crippen LogP contribution in [0.3, 0.4) is 0 Å². The monoisotopic (exact) mass is 866 g/mol. The molecule has 14 aromatic rings. The molecule has 0 unspecified atom stereocenters. The summed E-state index contributed by atoms with van der Waals surface area (Å²) in [5.74, 6) is 1.74. The lowest BCUT2D eigenvalue weighted by molar-refractivity contribution is 0.669. The molecule has 5 heteroatoms. The van der Waals surface area contributed by atoms with E-state index < -0.39 is 0 Å². The molecule has 0 aliphatic rings. The highest BCUT2D eigenvalue weighted by Gasteiger charge is 2.23. The van der Waals surface area contributed by atoms with Crippen molar-refractivity contribution >= 4 is 76.1 Å². The highest BCUT2D eigenvalue weighted by molar-refractivity contribution is 6.30. The maximum Gasteiger partial charge on any atom is 0.167 e. The van der Waals surface area contributed by atoms with Crippen LogP contribution in [0.2, 0.25) is 0 Å². The molecule has 11 aromatic carbocycles. The molecule has 3 aromatic heterocycles. The number of furan rings is 1. The van der Waals surface area contributed by atoms with Gasteiger partial charge in [0.05, 0.1) is 22.3 Å². The zero-order chi connectivity index (χ0) is 44.7. The van der Waals surface area contributed by atoms with Crippen molar-refractivity contribution in [1.29, 1.82) is 0 Å². The minimum Gasteiger partial charge on any atom is -0.455 e. The first-order valence-electron chi connectivity index (χ1n) is 23.0. The number of aromatic nitrogens is 4. The number of hydrogen-bond donors (Lipinski definition) is 0. The lowest BCUT2D eigenvalue weighted by atomic mass is 9.90. The fourth-order valence-corrected chi connectivity index (χ4v) is 10.6. The lowest BCUT2D eigenvalue weighted by Gasteiger charge is -2.18. The number of para-hydroxylation sites is 2. The minimum atomic E-state index is 0.552. The largest absolute Gasteiger partial charge is 0.455 e. The number of nitrogens with zero attached hydrogens (tertiary/aromatic N) is 4. The zero-order valence-corrected chi connectivity index (χ0v) is 36.6. The third kappa shape index (κ3) is 5.93. The van der Waals surface area contributed by atoms with Crippen LogP contribution in [0, 0.1) is 0 Å². The van der Waals surface area contributed by atoms with E-state index in [1.807, 2.05) is 42.5 Å². The van der Waals surface area contributed by atoms with Gasteiger partial charge in [-0.1, -0.05) is 188 Å². The average Bonchev–Trinajstić information content (AvgIpc) is 3.96. The van der Waals surface area contributed by atoms with E-state index in [1.165, 1.54) is 38.4 Å². The highest BCUT2D eigenvalue weighted by atomic mass is 16.3. The Morgan fingerprint density at radius 1 is 0.294 bits per heavy atom. The van der Waals surface area contributed by atoms with Gasteiger partial charge in [-0.05, 0) is 86.3 Å². The van der Waals surface area contributed by atoms with Gasteiger partial charge in [0, 0.05) is 43.4 Å². The second-order valence-electron chi connectivity index (χ2n) is 17.5. The van der Waals surface area contributed by atoms with Gasteiger partial charge < -0.3 is 8.98 Å². The van der Waals surface area contributed by atoms with Crippen LogP contribution in [-0.4, -0.2) is 19.5 Å². The molecule has 5 nitrogen and oxygen atoms in total. The Kier molecular flexibility index (Phi) is 8.52. The van der Waals surface area contributed by atoms with Crippen molar-refractivity contribution in [1.82, 2.24) is 19.5 Å². The summed E-state index contributed by atoms with van der Waals surface area (Å²) in [6.07, 6.45) is 0. The second kappa shape index (κ2) is 15.2. The van der Waals surface area contributed by atoms with Crippen LogP contribution in [0.25, 0.3) is 138 Å². The topological polar surface area (TPSA) is 56.7 Å². The van der Waals surface area contributed by atoms with Crippen LogP contribution >= 0.6 is 0 Å². The Hall–Kier alpha value is -9.19. The first kappa shape index (κ1) is 38.1. The van der Waals surface area contributed by atoms with Crippen molar-refractivity contribution < 1.29 is 4.42 Å². The van der Waals surface area contributed by atoms with Gasteiger partial charge in [-0.15, -0.1) is 0 Å². The summed E-state index contributed by atoms with van der Waals surface area (Å²) in [5, 5.41) is 11.3. The van der Waals surface area contributed by atoms with Gasteiger partial charge >= 0.3 is 0 Å². The van der Waals surface area contributed by atoms with E-state index in [-0.39, 0.29) is 0 Å². The Balaban J connectivity index is 1.06. The molecular formula is C63H38N4O. The second-order valence-corrected chi connectivity index (χ2v) is 17.5. The van der Waals surface area contributed by atoms with E-state index in [9.17, 15) is 0 Å². The Morgan fingerprint density at radius 3 is 1.46 bits per heavy atom.